The van der Waals surface area contributed by atoms with Gasteiger partial charge in [0.15, 0.2) is 5.75 Å². The highest BCUT2D eigenvalue weighted by molar-refractivity contribution is 7.10. The predicted molar refractivity (Wildman–Crippen MR) is 144 cm³/mol. The molecule has 3 aromatic carbocycles. The van der Waals surface area contributed by atoms with Crippen LogP contribution in [0.5, 0.6) is 17.2 Å². The van der Waals surface area contributed by atoms with E-state index < -0.39 is 5.91 Å². The highest BCUT2D eigenvalue weighted by Gasteiger charge is 2.18. The van der Waals surface area contributed by atoms with Gasteiger partial charge >= 0.3 is 0 Å². The number of ether oxygens (including phenoxy) is 2. The van der Waals surface area contributed by atoms with Crippen molar-refractivity contribution in [2.24, 2.45) is 0 Å². The van der Waals surface area contributed by atoms with Crippen LogP contribution in [0, 0.1) is 6.92 Å². The number of hydrogen-bond acceptors (Lipinski definition) is 5. The maximum absolute atomic E-state index is 13.4. The molecule has 0 unspecified atom stereocenters. The number of thiophene rings is 1. The molecule has 0 saturated carbocycles. The first kappa shape index (κ1) is 25.0. The summed E-state index contributed by atoms with van der Waals surface area (Å²) in [5.41, 5.74) is 1.71. The Balaban J connectivity index is 1.62. The van der Waals surface area contributed by atoms with E-state index in [-0.39, 0.29) is 11.6 Å². The lowest BCUT2D eigenvalue weighted by atomic mass is 10.1. The van der Waals surface area contributed by atoms with Crippen LogP contribution >= 0.6 is 22.9 Å². The summed E-state index contributed by atoms with van der Waals surface area (Å²) >= 11 is 7.66. The summed E-state index contributed by atoms with van der Waals surface area (Å²) in [6.07, 6.45) is 1.63. The van der Waals surface area contributed by atoms with Crippen LogP contribution in [0.1, 0.15) is 20.8 Å². The van der Waals surface area contributed by atoms with Crippen molar-refractivity contribution >= 4 is 46.5 Å². The lowest BCUT2D eigenvalue weighted by molar-refractivity contribution is -0.113. The summed E-state index contributed by atoms with van der Waals surface area (Å²) in [5.74, 6) is 0.622. The number of halogens is 1. The minimum atomic E-state index is -0.525. The number of nitrogens with one attached hydrogen (secondary N) is 2. The molecule has 0 radical (unpaired) electrons. The molecule has 0 fully saturated rings. The summed E-state index contributed by atoms with van der Waals surface area (Å²) < 4.78 is 11.3. The molecule has 0 aliphatic carbocycles. The molecule has 0 spiro atoms. The standard InChI is InChI=1S/C28H23ClN2O4S/c1-18-7-3-4-11-23(18)27(32)31-25(17-22-10-6-14-36-22)28(33)30-24-15-19(29)12-13-26(24)35-21-9-5-8-20(16-21)34-2/h3-17H,1-2H3,(H,30,33)(H,31,32)/b25-17-. The van der Waals surface area contributed by atoms with Crippen LogP contribution in [0.3, 0.4) is 0 Å². The van der Waals surface area contributed by atoms with Gasteiger partial charge in [-0.1, -0.05) is 41.9 Å². The molecule has 0 aliphatic heterocycles. The molecular formula is C28H23ClN2O4S. The number of benzene rings is 3. The molecule has 36 heavy (non-hydrogen) atoms. The van der Waals surface area contributed by atoms with Gasteiger partial charge in [0, 0.05) is 21.5 Å². The van der Waals surface area contributed by atoms with Crippen molar-refractivity contribution in [1.82, 2.24) is 5.32 Å². The van der Waals surface area contributed by atoms with E-state index >= 15 is 0 Å². The lowest BCUT2D eigenvalue weighted by Crippen LogP contribution is -2.31. The fourth-order valence-corrected chi connectivity index (χ4v) is 4.19. The van der Waals surface area contributed by atoms with Crippen LogP contribution < -0.4 is 20.1 Å². The number of carbonyl (C=O) groups is 2. The van der Waals surface area contributed by atoms with Crippen molar-refractivity contribution in [2.75, 3.05) is 12.4 Å². The third-order valence-corrected chi connectivity index (χ3v) is 6.23. The minimum absolute atomic E-state index is 0.0815. The quantitative estimate of drug-likeness (QED) is 0.248. The number of rotatable bonds is 8. The Hall–Kier alpha value is -4.07. The normalized spacial score (nSPS) is 11.0. The van der Waals surface area contributed by atoms with Crippen molar-refractivity contribution in [2.45, 2.75) is 6.92 Å². The minimum Gasteiger partial charge on any atom is -0.497 e. The Labute approximate surface area is 218 Å². The topological polar surface area (TPSA) is 76.7 Å². The number of hydrogen-bond donors (Lipinski definition) is 2. The van der Waals surface area contributed by atoms with E-state index in [1.807, 2.05) is 36.6 Å². The molecule has 4 rings (SSSR count). The molecule has 6 nitrogen and oxygen atoms in total. The van der Waals surface area contributed by atoms with Gasteiger partial charge in [0.25, 0.3) is 11.8 Å². The van der Waals surface area contributed by atoms with Crippen molar-refractivity contribution in [3.05, 3.63) is 111 Å². The van der Waals surface area contributed by atoms with Crippen LogP contribution in [0.2, 0.25) is 5.02 Å². The first-order chi connectivity index (χ1) is 17.4. The van der Waals surface area contributed by atoms with E-state index in [9.17, 15) is 9.59 Å². The summed E-state index contributed by atoms with van der Waals surface area (Å²) in [6, 6.07) is 22.9. The monoisotopic (exact) mass is 518 g/mol. The number of carbonyl (C=O) groups excluding carboxylic acids is 2. The number of methoxy groups -OCH3 is 1. The molecule has 8 heteroatoms. The van der Waals surface area contributed by atoms with Crippen molar-refractivity contribution < 1.29 is 19.1 Å². The first-order valence-electron chi connectivity index (χ1n) is 11.0. The molecular weight excluding hydrogens is 496 g/mol. The lowest BCUT2D eigenvalue weighted by Gasteiger charge is -2.15. The average Bonchev–Trinajstić information content (AvgIpc) is 3.39. The molecule has 0 bridgehead atoms. The van der Waals surface area contributed by atoms with Crippen LogP contribution in [-0.2, 0) is 4.79 Å². The molecule has 182 valence electrons. The van der Waals surface area contributed by atoms with E-state index in [1.165, 1.54) is 11.3 Å². The largest absolute Gasteiger partial charge is 0.497 e. The van der Waals surface area contributed by atoms with Gasteiger partial charge < -0.3 is 20.1 Å². The summed E-state index contributed by atoms with van der Waals surface area (Å²) in [4.78, 5) is 27.2. The molecule has 4 aromatic rings. The molecule has 1 aromatic heterocycles. The maximum atomic E-state index is 13.4. The Morgan fingerprint density at radius 2 is 1.75 bits per heavy atom. The van der Waals surface area contributed by atoms with Crippen molar-refractivity contribution in [3.8, 4) is 17.2 Å². The SMILES string of the molecule is COc1cccc(Oc2ccc(Cl)cc2NC(=O)/C(=C/c2cccs2)NC(=O)c2ccccc2C)c1. The second kappa shape index (κ2) is 11.6. The first-order valence-corrected chi connectivity index (χ1v) is 12.2. The van der Waals surface area contributed by atoms with E-state index in [0.717, 1.165) is 10.4 Å². The fraction of sp³-hybridized carbons (Fsp3) is 0.0714. The van der Waals surface area contributed by atoms with Gasteiger partial charge in [-0.15, -0.1) is 11.3 Å². The van der Waals surface area contributed by atoms with E-state index in [2.05, 4.69) is 10.6 Å². The highest BCUT2D eigenvalue weighted by Crippen LogP contribution is 2.33. The van der Waals surface area contributed by atoms with Gasteiger partial charge in [-0.2, -0.15) is 0 Å². The average molecular weight is 519 g/mol. The van der Waals surface area contributed by atoms with Crippen LogP contribution in [0.15, 0.2) is 89.9 Å². The Morgan fingerprint density at radius 1 is 0.944 bits per heavy atom. The molecule has 0 saturated heterocycles. The third-order valence-electron chi connectivity index (χ3n) is 5.17. The Morgan fingerprint density at radius 3 is 2.50 bits per heavy atom. The molecule has 1 heterocycles. The van der Waals surface area contributed by atoms with E-state index in [4.69, 9.17) is 21.1 Å². The number of amides is 2. The van der Waals surface area contributed by atoms with Gasteiger partial charge in [0.05, 0.1) is 12.8 Å². The Bertz CT molecular complexity index is 1420. The smallest absolute Gasteiger partial charge is 0.272 e. The zero-order chi connectivity index (χ0) is 25.5. The molecule has 0 atom stereocenters. The van der Waals surface area contributed by atoms with Crippen molar-refractivity contribution in [1.29, 1.82) is 0 Å². The van der Waals surface area contributed by atoms with E-state index in [0.29, 0.717) is 33.5 Å². The molecule has 2 N–H and O–H groups in total. The van der Waals surface area contributed by atoms with Gasteiger partial charge in [0.1, 0.15) is 17.2 Å². The maximum Gasteiger partial charge on any atom is 0.272 e. The van der Waals surface area contributed by atoms with Crippen molar-refractivity contribution in [3.63, 3.8) is 0 Å². The summed E-state index contributed by atoms with van der Waals surface area (Å²) in [6.45, 7) is 1.84. The van der Waals surface area contributed by atoms with Gasteiger partial charge in [0.2, 0.25) is 0 Å². The zero-order valence-electron chi connectivity index (χ0n) is 19.6. The molecule has 0 aliphatic rings. The third kappa shape index (κ3) is 6.33. The van der Waals surface area contributed by atoms with Gasteiger partial charge in [-0.3, -0.25) is 9.59 Å². The van der Waals surface area contributed by atoms with Crippen LogP contribution in [0.4, 0.5) is 5.69 Å². The van der Waals surface area contributed by atoms with Crippen LogP contribution in [-0.4, -0.2) is 18.9 Å². The second-order valence-corrected chi connectivity index (χ2v) is 9.13. The van der Waals surface area contributed by atoms with E-state index in [1.54, 1.807) is 67.8 Å². The van der Waals surface area contributed by atoms with Gasteiger partial charge in [-0.25, -0.2) is 0 Å². The second-order valence-electron chi connectivity index (χ2n) is 7.72. The fourth-order valence-electron chi connectivity index (χ4n) is 3.36. The number of anilines is 1. The summed E-state index contributed by atoms with van der Waals surface area (Å²) in [7, 11) is 1.57. The van der Waals surface area contributed by atoms with Gasteiger partial charge in [-0.05, 0) is 66.4 Å². The molecule has 2 amide bonds. The number of aryl methyl sites for hydroxylation is 1. The zero-order valence-corrected chi connectivity index (χ0v) is 21.2. The van der Waals surface area contributed by atoms with Crippen LogP contribution in [0.25, 0.3) is 6.08 Å². The Kier molecular flexibility index (Phi) is 8.05. The highest BCUT2D eigenvalue weighted by atomic mass is 35.5. The summed E-state index contributed by atoms with van der Waals surface area (Å²) in [5, 5.41) is 7.89. The predicted octanol–water partition coefficient (Wildman–Crippen LogP) is 6.92.